The van der Waals surface area contributed by atoms with Gasteiger partial charge in [0.1, 0.15) is 23.7 Å². The van der Waals surface area contributed by atoms with E-state index >= 15 is 0 Å². The number of aromatic nitrogens is 2. The zero-order valence-corrected chi connectivity index (χ0v) is 18.3. The number of carbonyl (C=O) groups is 2. The molecule has 0 atom stereocenters. The highest BCUT2D eigenvalue weighted by Crippen LogP contribution is 2.31. The van der Waals surface area contributed by atoms with Crippen molar-refractivity contribution in [3.63, 3.8) is 0 Å². The maximum atomic E-state index is 14.2. The van der Waals surface area contributed by atoms with E-state index in [1.807, 2.05) is 18.2 Å². The molecular weight excluding hydrogens is 445 g/mol. The van der Waals surface area contributed by atoms with Crippen molar-refractivity contribution in [1.29, 1.82) is 0 Å². The van der Waals surface area contributed by atoms with Crippen LogP contribution in [-0.4, -0.2) is 21.8 Å². The highest BCUT2D eigenvalue weighted by atomic mass is 32.1. The van der Waals surface area contributed by atoms with Gasteiger partial charge in [-0.3, -0.25) is 9.69 Å². The molecule has 0 aliphatic rings. The molecule has 0 bridgehead atoms. The number of para-hydroxylation sites is 2. The fourth-order valence-corrected chi connectivity index (χ4v) is 3.82. The number of hydrogen-bond acceptors (Lipinski definition) is 7. The monoisotopic (exact) mass is 463 g/mol. The third kappa shape index (κ3) is 5.21. The number of anilines is 2. The minimum absolute atomic E-state index is 0.0981. The number of ether oxygens (including phenoxy) is 2. The van der Waals surface area contributed by atoms with Crippen LogP contribution >= 0.6 is 11.3 Å². The number of thiazole rings is 1. The first-order valence-electron chi connectivity index (χ1n) is 9.87. The number of nitrogens with zero attached hydrogens (tertiary/aromatic N) is 3. The van der Waals surface area contributed by atoms with E-state index in [0.717, 1.165) is 11.3 Å². The van der Waals surface area contributed by atoms with Crippen LogP contribution < -0.4 is 9.64 Å². The molecule has 2 heterocycles. The van der Waals surface area contributed by atoms with Crippen LogP contribution in [0.15, 0.2) is 78.3 Å². The molecule has 0 aliphatic heterocycles. The molecule has 9 heteroatoms. The smallest absolute Gasteiger partial charge is 0.344 e. The molecule has 0 saturated heterocycles. The van der Waals surface area contributed by atoms with E-state index in [-0.39, 0.29) is 28.9 Å². The summed E-state index contributed by atoms with van der Waals surface area (Å²) in [6.07, 6.45) is 1.51. The van der Waals surface area contributed by atoms with Gasteiger partial charge in [0.15, 0.2) is 5.13 Å². The fraction of sp³-hybridized carbons (Fsp3) is 0.0833. The van der Waals surface area contributed by atoms with Crippen molar-refractivity contribution in [2.45, 2.75) is 13.5 Å². The van der Waals surface area contributed by atoms with Crippen molar-refractivity contribution in [2.24, 2.45) is 0 Å². The van der Waals surface area contributed by atoms with Crippen LogP contribution in [0.2, 0.25) is 0 Å². The molecule has 0 N–H and O–H groups in total. The number of benzene rings is 2. The summed E-state index contributed by atoms with van der Waals surface area (Å²) < 4.78 is 25.3. The van der Waals surface area contributed by atoms with Crippen LogP contribution in [0.25, 0.3) is 0 Å². The lowest BCUT2D eigenvalue weighted by molar-refractivity contribution is -0.115. The van der Waals surface area contributed by atoms with E-state index < -0.39 is 17.7 Å². The van der Waals surface area contributed by atoms with Crippen LogP contribution in [-0.2, 0) is 16.1 Å². The standard InChI is InChI=1S/C24H18FN3O4S/c1-16(29)28(21-12-6-5-11-20(21)25)24-27-17(15-33-24)14-31-23(30)19-10-7-13-26-22(19)32-18-8-3-2-4-9-18/h2-13,15H,14H2,1H3. The van der Waals surface area contributed by atoms with E-state index in [1.165, 1.54) is 36.2 Å². The summed E-state index contributed by atoms with van der Waals surface area (Å²) in [4.78, 5) is 34.5. The SMILES string of the molecule is CC(=O)N(c1nc(COC(=O)c2cccnc2Oc2ccccc2)cs1)c1ccccc1F. The number of amides is 1. The van der Waals surface area contributed by atoms with Gasteiger partial charge in [0.05, 0.1) is 11.4 Å². The molecule has 4 aromatic rings. The normalized spacial score (nSPS) is 10.5. The Morgan fingerprint density at radius 1 is 1.03 bits per heavy atom. The van der Waals surface area contributed by atoms with Gasteiger partial charge in [0.2, 0.25) is 11.8 Å². The summed E-state index contributed by atoms with van der Waals surface area (Å²) in [5.74, 6) is -0.919. The molecular formula is C24H18FN3O4S. The maximum Gasteiger partial charge on any atom is 0.344 e. The Balaban J connectivity index is 1.47. The van der Waals surface area contributed by atoms with E-state index in [0.29, 0.717) is 11.4 Å². The zero-order chi connectivity index (χ0) is 23.2. The summed E-state index contributed by atoms with van der Waals surface area (Å²) in [5.41, 5.74) is 0.676. The van der Waals surface area contributed by atoms with Crippen molar-refractivity contribution in [3.05, 3.63) is 95.4 Å². The Labute approximate surface area is 193 Å². The van der Waals surface area contributed by atoms with Crippen LogP contribution in [0.3, 0.4) is 0 Å². The first-order chi connectivity index (χ1) is 16.0. The van der Waals surface area contributed by atoms with Gasteiger partial charge in [-0.2, -0.15) is 0 Å². The van der Waals surface area contributed by atoms with Crippen molar-refractivity contribution >= 4 is 34.0 Å². The van der Waals surface area contributed by atoms with Crippen molar-refractivity contribution < 1.29 is 23.5 Å². The second kappa shape index (κ2) is 10.0. The third-order valence-corrected chi connectivity index (χ3v) is 5.31. The first kappa shape index (κ1) is 22.1. The van der Waals surface area contributed by atoms with Gasteiger partial charge in [0, 0.05) is 18.5 Å². The number of halogens is 1. The molecule has 33 heavy (non-hydrogen) atoms. The Bertz CT molecular complexity index is 1280. The topological polar surface area (TPSA) is 81.6 Å². The minimum Gasteiger partial charge on any atom is -0.455 e. The lowest BCUT2D eigenvalue weighted by atomic mass is 10.2. The van der Waals surface area contributed by atoms with Crippen molar-refractivity contribution in [2.75, 3.05) is 4.90 Å². The van der Waals surface area contributed by atoms with Gasteiger partial charge in [-0.05, 0) is 36.4 Å². The van der Waals surface area contributed by atoms with Gasteiger partial charge in [-0.1, -0.05) is 30.3 Å². The fourth-order valence-electron chi connectivity index (χ4n) is 2.95. The van der Waals surface area contributed by atoms with Gasteiger partial charge in [0.25, 0.3) is 0 Å². The quantitative estimate of drug-likeness (QED) is 0.336. The molecule has 166 valence electrons. The van der Waals surface area contributed by atoms with Crippen molar-refractivity contribution in [1.82, 2.24) is 9.97 Å². The average Bonchev–Trinajstić information content (AvgIpc) is 3.28. The second-order valence-electron chi connectivity index (χ2n) is 6.77. The zero-order valence-electron chi connectivity index (χ0n) is 17.5. The largest absolute Gasteiger partial charge is 0.455 e. The predicted octanol–water partition coefficient (Wildman–Crippen LogP) is 5.51. The molecule has 2 aromatic carbocycles. The number of hydrogen-bond donors (Lipinski definition) is 0. The number of rotatable bonds is 7. The van der Waals surface area contributed by atoms with E-state index in [1.54, 1.807) is 35.7 Å². The molecule has 0 spiro atoms. The molecule has 1 amide bonds. The van der Waals surface area contributed by atoms with Crippen LogP contribution in [0.4, 0.5) is 15.2 Å². The predicted molar refractivity (Wildman–Crippen MR) is 121 cm³/mol. The van der Waals surface area contributed by atoms with Crippen LogP contribution in [0.1, 0.15) is 23.0 Å². The summed E-state index contributed by atoms with van der Waals surface area (Å²) in [6, 6.07) is 18.1. The van der Waals surface area contributed by atoms with Crippen LogP contribution in [0.5, 0.6) is 11.6 Å². The molecule has 2 aromatic heterocycles. The second-order valence-corrected chi connectivity index (χ2v) is 7.61. The maximum absolute atomic E-state index is 14.2. The van der Waals surface area contributed by atoms with Gasteiger partial charge >= 0.3 is 5.97 Å². The molecule has 0 unspecified atom stereocenters. The van der Waals surface area contributed by atoms with Crippen molar-refractivity contribution in [3.8, 4) is 11.6 Å². The molecule has 7 nitrogen and oxygen atoms in total. The third-order valence-electron chi connectivity index (χ3n) is 4.44. The Kier molecular flexibility index (Phi) is 6.70. The van der Waals surface area contributed by atoms with Gasteiger partial charge in [-0.15, -0.1) is 11.3 Å². The Hall–Kier alpha value is -4.11. The number of pyridine rings is 1. The first-order valence-corrected chi connectivity index (χ1v) is 10.8. The van der Waals surface area contributed by atoms with Gasteiger partial charge in [-0.25, -0.2) is 19.2 Å². The Morgan fingerprint density at radius 3 is 2.55 bits per heavy atom. The summed E-state index contributed by atoms with van der Waals surface area (Å²) >= 11 is 1.14. The summed E-state index contributed by atoms with van der Waals surface area (Å²) in [6.45, 7) is 1.18. The average molecular weight is 463 g/mol. The minimum atomic E-state index is -0.638. The molecule has 0 fully saturated rings. The van der Waals surface area contributed by atoms with E-state index in [9.17, 15) is 14.0 Å². The van der Waals surface area contributed by atoms with E-state index in [2.05, 4.69) is 9.97 Å². The molecule has 0 aliphatic carbocycles. The lowest BCUT2D eigenvalue weighted by Crippen LogP contribution is -2.23. The van der Waals surface area contributed by atoms with E-state index in [4.69, 9.17) is 9.47 Å². The highest BCUT2D eigenvalue weighted by molar-refractivity contribution is 7.14. The Morgan fingerprint density at radius 2 is 1.79 bits per heavy atom. The summed E-state index contributed by atoms with van der Waals surface area (Å²) in [7, 11) is 0. The van der Waals surface area contributed by atoms with Gasteiger partial charge < -0.3 is 9.47 Å². The summed E-state index contributed by atoms with van der Waals surface area (Å²) in [5, 5.41) is 1.91. The van der Waals surface area contributed by atoms with Crippen LogP contribution in [0, 0.1) is 5.82 Å². The lowest BCUT2D eigenvalue weighted by Gasteiger charge is -2.18. The molecule has 0 saturated carbocycles. The molecule has 0 radical (unpaired) electrons. The highest BCUT2D eigenvalue weighted by Gasteiger charge is 2.22. The number of esters is 1. The number of carbonyl (C=O) groups excluding carboxylic acids is 2. The molecule has 4 rings (SSSR count).